The summed E-state index contributed by atoms with van der Waals surface area (Å²) in [5.74, 6) is -0.724. The van der Waals surface area contributed by atoms with Crippen LogP contribution in [0.25, 0.3) is 5.76 Å². The first kappa shape index (κ1) is 20.3. The number of likely N-dealkylation sites (tertiary alicyclic amines) is 1. The molecule has 1 aliphatic rings. The number of phenols is 1. The highest BCUT2D eigenvalue weighted by Gasteiger charge is 2.46. The van der Waals surface area contributed by atoms with E-state index in [0.717, 1.165) is 0 Å². The number of furan rings is 1. The molecule has 1 saturated heterocycles. The van der Waals surface area contributed by atoms with Crippen LogP contribution in [0.2, 0.25) is 0 Å². The molecule has 2 heterocycles. The predicted molar refractivity (Wildman–Crippen MR) is 112 cm³/mol. The second-order valence-corrected chi connectivity index (χ2v) is 7.06. The second kappa shape index (κ2) is 8.39. The minimum atomic E-state index is -0.846. The molecular weight excluding hydrogens is 398 g/mol. The number of carbonyl (C=O) groups is 2. The van der Waals surface area contributed by atoms with E-state index in [1.54, 1.807) is 48.5 Å². The van der Waals surface area contributed by atoms with Crippen molar-refractivity contribution >= 4 is 17.4 Å². The molecule has 7 heteroatoms. The average molecular weight is 419 g/mol. The highest BCUT2D eigenvalue weighted by atomic mass is 16.5. The molecule has 1 amide bonds. The smallest absolute Gasteiger partial charge is 0.296 e. The number of carbonyl (C=O) groups excluding carboxylic acids is 2. The largest absolute Gasteiger partial charge is 0.508 e. The molecule has 31 heavy (non-hydrogen) atoms. The number of amides is 1. The first-order chi connectivity index (χ1) is 15.0. The van der Waals surface area contributed by atoms with E-state index in [4.69, 9.17) is 9.15 Å². The van der Waals surface area contributed by atoms with Gasteiger partial charge in [0.05, 0.1) is 31.0 Å². The summed E-state index contributed by atoms with van der Waals surface area (Å²) in [5, 5.41) is 20.8. The van der Waals surface area contributed by atoms with Crippen molar-refractivity contribution < 1.29 is 29.0 Å². The van der Waals surface area contributed by atoms with Crippen LogP contribution in [0.1, 0.15) is 29.9 Å². The molecule has 1 aromatic heterocycles. The number of phenolic OH excluding ortho intramolecular Hbond substituents is 1. The van der Waals surface area contributed by atoms with Crippen LogP contribution in [0.3, 0.4) is 0 Å². The van der Waals surface area contributed by atoms with E-state index < -0.39 is 17.7 Å². The van der Waals surface area contributed by atoms with Gasteiger partial charge in [0, 0.05) is 5.56 Å². The summed E-state index contributed by atoms with van der Waals surface area (Å²) in [6.45, 7) is 2.35. The van der Waals surface area contributed by atoms with Gasteiger partial charge in [0.25, 0.3) is 11.7 Å². The summed E-state index contributed by atoms with van der Waals surface area (Å²) in [6, 6.07) is 15.4. The fraction of sp³-hybridized carbons (Fsp3) is 0.167. The Morgan fingerprint density at radius 3 is 2.55 bits per heavy atom. The maximum absolute atomic E-state index is 13.0. The summed E-state index contributed by atoms with van der Waals surface area (Å²) < 4.78 is 10.9. The van der Waals surface area contributed by atoms with Gasteiger partial charge < -0.3 is 24.3 Å². The standard InChI is InChI=1S/C24H21NO6/c1-2-30-18-6-3-5-16(13-18)22(27)20-21(15-8-10-17(26)11-9-15)25(24(29)23(20)28)14-19-7-4-12-31-19/h3-13,21,26-27H,2,14H2,1H3/b22-20-. The first-order valence-electron chi connectivity index (χ1n) is 9.82. The van der Waals surface area contributed by atoms with E-state index in [9.17, 15) is 19.8 Å². The van der Waals surface area contributed by atoms with Crippen LogP contribution in [0.5, 0.6) is 11.5 Å². The first-order valence-corrected chi connectivity index (χ1v) is 9.82. The number of Topliss-reactive ketones (excluding diaryl/α,β-unsaturated/α-hetero) is 1. The Morgan fingerprint density at radius 2 is 1.87 bits per heavy atom. The maximum Gasteiger partial charge on any atom is 0.296 e. The normalized spacial score (nSPS) is 17.8. The van der Waals surface area contributed by atoms with E-state index in [-0.39, 0.29) is 23.6 Å². The number of hydrogen-bond donors (Lipinski definition) is 2. The Kier molecular flexibility index (Phi) is 5.49. The number of rotatable bonds is 6. The van der Waals surface area contributed by atoms with Gasteiger partial charge in [-0.2, -0.15) is 0 Å². The monoisotopic (exact) mass is 419 g/mol. The van der Waals surface area contributed by atoms with Gasteiger partial charge in [-0.1, -0.05) is 24.3 Å². The van der Waals surface area contributed by atoms with Crippen molar-refractivity contribution in [3.05, 3.63) is 89.4 Å². The molecule has 1 unspecified atom stereocenters. The van der Waals surface area contributed by atoms with Gasteiger partial charge in [-0.05, 0) is 48.9 Å². The predicted octanol–water partition coefficient (Wildman–Crippen LogP) is 4.01. The van der Waals surface area contributed by atoms with Crippen molar-refractivity contribution in [2.75, 3.05) is 6.61 Å². The molecule has 2 aromatic carbocycles. The van der Waals surface area contributed by atoms with Crippen LogP contribution in [0.15, 0.2) is 76.9 Å². The Labute approximate surface area is 178 Å². The molecule has 2 N–H and O–H groups in total. The van der Waals surface area contributed by atoms with E-state index in [0.29, 0.717) is 29.2 Å². The van der Waals surface area contributed by atoms with E-state index in [1.165, 1.54) is 23.3 Å². The Hall–Kier alpha value is -4.00. The van der Waals surface area contributed by atoms with Crippen LogP contribution in [0.4, 0.5) is 0 Å². The van der Waals surface area contributed by atoms with Gasteiger partial charge in [-0.15, -0.1) is 0 Å². The summed E-state index contributed by atoms with van der Waals surface area (Å²) in [7, 11) is 0. The third-order valence-electron chi connectivity index (χ3n) is 5.07. The number of benzene rings is 2. The van der Waals surface area contributed by atoms with Gasteiger partial charge in [-0.3, -0.25) is 9.59 Å². The van der Waals surface area contributed by atoms with Crippen molar-refractivity contribution in [1.82, 2.24) is 4.90 Å². The third kappa shape index (κ3) is 3.90. The number of aliphatic hydroxyl groups is 1. The molecular formula is C24H21NO6. The Morgan fingerprint density at radius 1 is 1.10 bits per heavy atom. The fourth-order valence-electron chi connectivity index (χ4n) is 3.67. The molecule has 1 atom stereocenters. The summed E-state index contributed by atoms with van der Waals surface area (Å²) in [5.41, 5.74) is 0.910. The lowest BCUT2D eigenvalue weighted by molar-refractivity contribution is -0.140. The van der Waals surface area contributed by atoms with Crippen LogP contribution in [-0.4, -0.2) is 33.4 Å². The quantitative estimate of drug-likeness (QED) is 0.356. The van der Waals surface area contributed by atoms with Crippen LogP contribution >= 0.6 is 0 Å². The van der Waals surface area contributed by atoms with Crippen molar-refractivity contribution in [2.24, 2.45) is 0 Å². The summed E-state index contributed by atoms with van der Waals surface area (Å²) >= 11 is 0. The molecule has 3 aromatic rings. The van der Waals surface area contributed by atoms with Crippen LogP contribution < -0.4 is 4.74 Å². The minimum Gasteiger partial charge on any atom is -0.508 e. The number of ether oxygens (including phenoxy) is 1. The van der Waals surface area contributed by atoms with Crippen molar-refractivity contribution in [1.29, 1.82) is 0 Å². The number of aromatic hydroxyl groups is 1. The number of nitrogens with zero attached hydrogens (tertiary/aromatic N) is 1. The number of aliphatic hydroxyl groups excluding tert-OH is 1. The van der Waals surface area contributed by atoms with E-state index >= 15 is 0 Å². The van der Waals surface area contributed by atoms with Gasteiger partial charge in [0.1, 0.15) is 23.0 Å². The van der Waals surface area contributed by atoms with Crippen LogP contribution in [-0.2, 0) is 16.1 Å². The molecule has 7 nitrogen and oxygen atoms in total. The fourth-order valence-corrected chi connectivity index (χ4v) is 3.67. The zero-order chi connectivity index (χ0) is 22.0. The zero-order valence-electron chi connectivity index (χ0n) is 16.8. The second-order valence-electron chi connectivity index (χ2n) is 7.06. The molecule has 0 spiro atoms. The molecule has 4 rings (SSSR count). The third-order valence-corrected chi connectivity index (χ3v) is 5.07. The van der Waals surface area contributed by atoms with Gasteiger partial charge >= 0.3 is 0 Å². The summed E-state index contributed by atoms with van der Waals surface area (Å²) in [6.07, 6.45) is 1.49. The Bertz CT molecular complexity index is 1130. The van der Waals surface area contributed by atoms with Gasteiger partial charge in [0.2, 0.25) is 0 Å². The van der Waals surface area contributed by atoms with E-state index in [2.05, 4.69) is 0 Å². The highest BCUT2D eigenvalue weighted by molar-refractivity contribution is 6.46. The summed E-state index contributed by atoms with van der Waals surface area (Å²) in [4.78, 5) is 27.3. The zero-order valence-corrected chi connectivity index (χ0v) is 16.8. The highest BCUT2D eigenvalue weighted by Crippen LogP contribution is 2.41. The van der Waals surface area contributed by atoms with Crippen molar-refractivity contribution in [2.45, 2.75) is 19.5 Å². The molecule has 158 valence electrons. The van der Waals surface area contributed by atoms with E-state index in [1.807, 2.05) is 6.92 Å². The average Bonchev–Trinajstić information content (AvgIpc) is 3.37. The molecule has 0 radical (unpaired) electrons. The topological polar surface area (TPSA) is 100 Å². The van der Waals surface area contributed by atoms with Gasteiger partial charge in [0.15, 0.2) is 0 Å². The molecule has 1 aliphatic heterocycles. The Balaban J connectivity index is 1.84. The number of hydrogen-bond acceptors (Lipinski definition) is 6. The van der Waals surface area contributed by atoms with Crippen LogP contribution in [0, 0.1) is 0 Å². The molecule has 1 fully saturated rings. The molecule has 0 bridgehead atoms. The lowest BCUT2D eigenvalue weighted by Gasteiger charge is -2.24. The molecule has 0 aliphatic carbocycles. The van der Waals surface area contributed by atoms with Gasteiger partial charge in [-0.25, -0.2) is 0 Å². The SMILES string of the molecule is CCOc1cccc(/C(O)=C2/C(=O)C(=O)N(Cc3ccco3)C2c2ccc(O)cc2)c1. The lowest BCUT2D eigenvalue weighted by atomic mass is 9.95. The van der Waals surface area contributed by atoms with Crippen molar-refractivity contribution in [3.63, 3.8) is 0 Å². The van der Waals surface area contributed by atoms with Crippen molar-refractivity contribution in [3.8, 4) is 11.5 Å². The number of ketones is 1. The maximum atomic E-state index is 13.0. The lowest BCUT2D eigenvalue weighted by Crippen LogP contribution is -2.29. The minimum absolute atomic E-state index is 0.0316. The molecule has 0 saturated carbocycles.